The van der Waals surface area contributed by atoms with Crippen LogP contribution in [0.2, 0.25) is 0 Å². The van der Waals surface area contributed by atoms with Crippen LogP contribution in [0.5, 0.6) is 5.75 Å². The highest BCUT2D eigenvalue weighted by Gasteiger charge is 2.64. The van der Waals surface area contributed by atoms with Crippen LogP contribution in [0, 0.1) is 5.41 Å². The zero-order valence-corrected chi connectivity index (χ0v) is 28.5. The van der Waals surface area contributed by atoms with Crippen molar-refractivity contribution in [2.75, 3.05) is 20.2 Å². The second-order valence-corrected chi connectivity index (χ2v) is 16.9. The van der Waals surface area contributed by atoms with Crippen molar-refractivity contribution in [2.45, 2.75) is 107 Å². The van der Waals surface area contributed by atoms with E-state index in [-0.39, 0.29) is 17.9 Å². The maximum atomic E-state index is 14.8. The SMILES string of the molecule is CCC(C)S(=O)(=O)NC(=O)c1ccc2c(C3CCCCC3)c3n(c2c1)CC1(C(=O)N2CC4CCC2CN4)CC1c1cc(OC)ccc1-3. The molecule has 9 rings (SSSR count). The second kappa shape index (κ2) is 11.4. The molecule has 9 nitrogen and oxygen atoms in total. The van der Waals surface area contributed by atoms with Gasteiger partial charge in [0.15, 0.2) is 0 Å². The van der Waals surface area contributed by atoms with Gasteiger partial charge >= 0.3 is 0 Å². The minimum absolute atomic E-state index is 0.0785. The number of aromatic nitrogens is 1. The summed E-state index contributed by atoms with van der Waals surface area (Å²) < 4.78 is 36.1. The third kappa shape index (κ3) is 4.92. The van der Waals surface area contributed by atoms with E-state index in [1.54, 1.807) is 27.0 Å². The van der Waals surface area contributed by atoms with Gasteiger partial charge < -0.3 is 19.5 Å². The summed E-state index contributed by atoms with van der Waals surface area (Å²) in [5.41, 5.74) is 5.40. The largest absolute Gasteiger partial charge is 0.497 e. The monoisotopic (exact) mass is 658 g/mol. The average molecular weight is 659 g/mol. The molecule has 2 aromatic carbocycles. The molecule has 5 unspecified atom stereocenters. The van der Waals surface area contributed by atoms with Crippen LogP contribution >= 0.6 is 0 Å². The van der Waals surface area contributed by atoms with Gasteiger partial charge in [-0.15, -0.1) is 0 Å². The Morgan fingerprint density at radius 2 is 1.89 bits per heavy atom. The minimum atomic E-state index is -3.81. The molecule has 2 aliphatic carbocycles. The van der Waals surface area contributed by atoms with Crippen LogP contribution in [-0.2, 0) is 21.4 Å². The minimum Gasteiger partial charge on any atom is -0.497 e. The second-order valence-electron chi connectivity index (χ2n) is 14.8. The first kappa shape index (κ1) is 30.9. The number of amides is 2. The van der Waals surface area contributed by atoms with Crippen molar-refractivity contribution in [3.05, 3.63) is 53.1 Å². The van der Waals surface area contributed by atoms with Crippen LogP contribution in [0.4, 0.5) is 0 Å². The molecule has 6 aliphatic rings. The molecule has 4 aliphatic heterocycles. The molecule has 2 saturated carbocycles. The molecule has 2 bridgehead atoms. The number of piperazine rings is 1. The smallest absolute Gasteiger partial charge is 0.264 e. The maximum Gasteiger partial charge on any atom is 0.264 e. The number of fused-ring (bicyclic) bond motifs is 10. The quantitative estimate of drug-likeness (QED) is 0.339. The van der Waals surface area contributed by atoms with Crippen LogP contribution in [0.25, 0.3) is 22.2 Å². The highest BCUT2D eigenvalue weighted by molar-refractivity contribution is 7.90. The topological polar surface area (TPSA) is 110 Å². The Morgan fingerprint density at radius 3 is 2.57 bits per heavy atom. The van der Waals surface area contributed by atoms with E-state index in [1.165, 1.54) is 30.4 Å². The van der Waals surface area contributed by atoms with Gasteiger partial charge in [-0.2, -0.15) is 0 Å². The summed E-state index contributed by atoms with van der Waals surface area (Å²) in [6.45, 7) is 5.54. The van der Waals surface area contributed by atoms with Gasteiger partial charge in [0, 0.05) is 59.7 Å². The van der Waals surface area contributed by atoms with Crippen LogP contribution in [-0.4, -0.2) is 67.2 Å². The highest BCUT2D eigenvalue weighted by Crippen LogP contribution is 2.66. The fraction of sp³-hybridized carbons (Fsp3) is 0.568. The van der Waals surface area contributed by atoms with E-state index in [1.807, 2.05) is 18.2 Å². The number of piperidine rings is 2. The molecule has 0 spiro atoms. The van der Waals surface area contributed by atoms with Crippen molar-refractivity contribution in [3.63, 3.8) is 0 Å². The van der Waals surface area contributed by atoms with Crippen molar-refractivity contribution in [1.29, 1.82) is 0 Å². The Labute approximate surface area is 277 Å². The molecular weight excluding hydrogens is 612 g/mol. The zero-order valence-electron chi connectivity index (χ0n) is 27.7. The number of carbonyl (C=O) groups is 2. The summed E-state index contributed by atoms with van der Waals surface area (Å²) in [6.07, 6.45) is 9.13. The van der Waals surface area contributed by atoms with Crippen molar-refractivity contribution >= 4 is 32.7 Å². The lowest BCUT2D eigenvalue weighted by atomic mass is 9.81. The Hall–Kier alpha value is -3.37. The van der Waals surface area contributed by atoms with E-state index in [2.05, 4.69) is 31.6 Å². The van der Waals surface area contributed by atoms with Crippen molar-refractivity contribution in [1.82, 2.24) is 19.5 Å². The molecule has 3 aromatic rings. The number of carbonyl (C=O) groups excluding carboxylic acids is 2. The third-order valence-electron chi connectivity index (χ3n) is 12.2. The van der Waals surface area contributed by atoms with Crippen molar-refractivity contribution in [2.24, 2.45) is 5.41 Å². The van der Waals surface area contributed by atoms with Gasteiger partial charge in [0.1, 0.15) is 5.75 Å². The van der Waals surface area contributed by atoms with Gasteiger partial charge in [0.05, 0.1) is 23.5 Å². The van der Waals surface area contributed by atoms with E-state index in [0.717, 1.165) is 73.1 Å². The van der Waals surface area contributed by atoms with E-state index in [4.69, 9.17) is 4.74 Å². The molecule has 250 valence electrons. The van der Waals surface area contributed by atoms with E-state index in [0.29, 0.717) is 30.5 Å². The van der Waals surface area contributed by atoms with Gasteiger partial charge in [0.2, 0.25) is 15.9 Å². The molecule has 10 heteroatoms. The number of hydrogen-bond donors (Lipinski definition) is 2. The van der Waals surface area contributed by atoms with Gasteiger partial charge in [-0.1, -0.05) is 32.3 Å². The summed E-state index contributed by atoms with van der Waals surface area (Å²) in [5.74, 6) is 0.869. The van der Waals surface area contributed by atoms with Gasteiger partial charge in [-0.25, -0.2) is 13.1 Å². The maximum absolute atomic E-state index is 14.8. The Morgan fingerprint density at radius 1 is 1.09 bits per heavy atom. The number of hydrogen-bond acceptors (Lipinski definition) is 6. The van der Waals surface area contributed by atoms with E-state index >= 15 is 0 Å². The van der Waals surface area contributed by atoms with E-state index in [9.17, 15) is 18.0 Å². The fourth-order valence-corrected chi connectivity index (χ4v) is 10.2. The lowest BCUT2D eigenvalue weighted by Gasteiger charge is -2.47. The first-order chi connectivity index (χ1) is 22.6. The standard InChI is InChI=1S/C37H46N4O5S/c1-4-22(2)47(44,45)39-35(42)24-10-14-29-32(16-24)41-21-37(36(43)40-20-25-11-12-26(40)19-38-25)18-31(37)30-17-27(46-3)13-15-28(30)34(41)33(29)23-8-6-5-7-9-23/h10,13-17,22-23,25-26,31,38H,4-9,11-12,18-21H2,1-3H3,(H,39,42). The number of ether oxygens (including phenoxy) is 1. The molecule has 5 fully saturated rings. The number of nitrogens with one attached hydrogen (secondary N) is 2. The van der Waals surface area contributed by atoms with Crippen LogP contribution in [0.3, 0.4) is 0 Å². The molecule has 2 amide bonds. The molecule has 47 heavy (non-hydrogen) atoms. The first-order valence-electron chi connectivity index (χ1n) is 17.6. The first-order valence-corrected chi connectivity index (χ1v) is 19.1. The molecule has 1 aromatic heterocycles. The number of rotatable bonds is 7. The number of methoxy groups -OCH3 is 1. The summed E-state index contributed by atoms with van der Waals surface area (Å²) >= 11 is 0. The zero-order chi connectivity index (χ0) is 32.7. The summed E-state index contributed by atoms with van der Waals surface area (Å²) in [6, 6.07) is 12.6. The normalized spacial score (nSPS) is 27.4. The third-order valence-corrected chi connectivity index (χ3v) is 14.0. The van der Waals surface area contributed by atoms with Crippen molar-refractivity contribution < 1.29 is 22.7 Å². The van der Waals surface area contributed by atoms with Gasteiger partial charge in [0.25, 0.3) is 5.91 Å². The summed E-state index contributed by atoms with van der Waals surface area (Å²) in [7, 11) is -2.11. The lowest BCUT2D eigenvalue weighted by Crippen LogP contribution is -2.63. The van der Waals surface area contributed by atoms with Crippen LogP contribution < -0.4 is 14.8 Å². The molecule has 0 radical (unpaired) electrons. The van der Waals surface area contributed by atoms with E-state index < -0.39 is 26.6 Å². The Balaban J connectivity index is 1.31. The van der Waals surface area contributed by atoms with Crippen molar-refractivity contribution in [3.8, 4) is 17.0 Å². The number of nitrogens with zero attached hydrogens (tertiary/aromatic N) is 2. The molecular formula is C37H46N4O5S. The summed E-state index contributed by atoms with van der Waals surface area (Å²) in [4.78, 5) is 30.5. The molecule has 2 N–H and O–H groups in total. The van der Waals surface area contributed by atoms with Crippen LogP contribution in [0.1, 0.15) is 105 Å². The molecule has 3 saturated heterocycles. The van der Waals surface area contributed by atoms with Crippen LogP contribution in [0.15, 0.2) is 36.4 Å². The Kier molecular flexibility index (Phi) is 7.48. The molecule has 5 atom stereocenters. The number of benzene rings is 2. The number of sulfonamides is 1. The average Bonchev–Trinajstić information content (AvgIpc) is 3.77. The molecule has 5 heterocycles. The highest BCUT2D eigenvalue weighted by atomic mass is 32.2. The predicted molar refractivity (Wildman–Crippen MR) is 182 cm³/mol. The Bertz CT molecular complexity index is 1870. The van der Waals surface area contributed by atoms with Gasteiger partial charge in [-0.05, 0) is 92.8 Å². The summed E-state index contributed by atoms with van der Waals surface area (Å²) in [5, 5.41) is 4.02. The predicted octanol–water partition coefficient (Wildman–Crippen LogP) is 5.67. The lowest BCUT2D eigenvalue weighted by molar-refractivity contribution is -0.144. The fourth-order valence-electron chi connectivity index (χ4n) is 9.17. The van der Waals surface area contributed by atoms with Gasteiger partial charge in [-0.3, -0.25) is 9.59 Å².